The highest BCUT2D eigenvalue weighted by molar-refractivity contribution is 5.72. The van der Waals surface area contributed by atoms with Gasteiger partial charge < -0.3 is 9.30 Å². The molecule has 0 radical (unpaired) electrons. The molecule has 3 rings (SSSR count). The van der Waals surface area contributed by atoms with Crippen LogP contribution in [0.3, 0.4) is 0 Å². The number of methoxy groups -OCH3 is 1. The highest BCUT2D eigenvalue weighted by Crippen LogP contribution is 2.37. The fraction of sp³-hybridized carbons (Fsp3) is 0.182. The molecule has 0 atom stereocenters. The normalized spacial score (nSPS) is 12.4. The molecule has 1 aliphatic rings. The van der Waals surface area contributed by atoms with E-state index in [-0.39, 0.29) is 0 Å². The van der Waals surface area contributed by atoms with E-state index in [9.17, 15) is 0 Å². The van der Waals surface area contributed by atoms with Crippen molar-refractivity contribution in [1.82, 2.24) is 9.55 Å². The monoisotopic (exact) mass is 186 g/mol. The van der Waals surface area contributed by atoms with Gasteiger partial charge in [0.25, 0.3) is 0 Å². The Morgan fingerprint density at radius 3 is 3.21 bits per heavy atom. The Hall–Kier alpha value is -1.77. The molecule has 0 N–H and O–H groups in total. The average Bonchev–Trinajstić information content (AvgIpc) is 2.75. The van der Waals surface area contributed by atoms with Crippen molar-refractivity contribution in [3.63, 3.8) is 0 Å². The molecule has 0 fully saturated rings. The number of hydrogen-bond acceptors (Lipinski definition) is 2. The lowest BCUT2D eigenvalue weighted by Gasteiger charge is -2.04. The Morgan fingerprint density at radius 1 is 1.43 bits per heavy atom. The molecule has 14 heavy (non-hydrogen) atoms. The van der Waals surface area contributed by atoms with Crippen LogP contribution in [0.15, 0.2) is 30.6 Å². The van der Waals surface area contributed by atoms with Gasteiger partial charge in [0.2, 0.25) is 0 Å². The van der Waals surface area contributed by atoms with Crippen LogP contribution in [0, 0.1) is 0 Å². The van der Waals surface area contributed by atoms with E-state index in [4.69, 9.17) is 4.74 Å². The van der Waals surface area contributed by atoms with Gasteiger partial charge in [-0.1, -0.05) is 12.1 Å². The van der Waals surface area contributed by atoms with E-state index < -0.39 is 0 Å². The molecular formula is C11H10N2O. The first kappa shape index (κ1) is 7.62. The number of nitrogens with zero attached hydrogens (tertiary/aromatic N) is 2. The van der Waals surface area contributed by atoms with E-state index in [0.717, 1.165) is 23.7 Å². The van der Waals surface area contributed by atoms with E-state index in [0.29, 0.717) is 0 Å². The summed E-state index contributed by atoms with van der Waals surface area (Å²) < 4.78 is 7.46. The molecule has 70 valence electrons. The molecule has 0 spiro atoms. The SMILES string of the molecule is COc1cccc2c1-c1nccn1C2. The van der Waals surface area contributed by atoms with Crippen LogP contribution < -0.4 is 4.74 Å². The minimum atomic E-state index is 0.905. The summed E-state index contributed by atoms with van der Waals surface area (Å²) >= 11 is 0. The predicted molar refractivity (Wildman–Crippen MR) is 53.3 cm³/mol. The third kappa shape index (κ3) is 0.839. The summed E-state index contributed by atoms with van der Waals surface area (Å²) in [4.78, 5) is 4.33. The third-order valence-corrected chi connectivity index (χ3v) is 2.61. The molecule has 1 aromatic heterocycles. The fourth-order valence-corrected chi connectivity index (χ4v) is 1.98. The molecule has 3 heteroatoms. The quantitative estimate of drug-likeness (QED) is 0.580. The summed E-state index contributed by atoms with van der Waals surface area (Å²) in [7, 11) is 1.70. The molecular weight excluding hydrogens is 176 g/mol. The van der Waals surface area contributed by atoms with E-state index in [1.54, 1.807) is 7.11 Å². The maximum Gasteiger partial charge on any atom is 0.144 e. The molecule has 0 amide bonds. The number of ether oxygens (including phenoxy) is 1. The molecule has 2 heterocycles. The van der Waals surface area contributed by atoms with Crippen LogP contribution in [0.2, 0.25) is 0 Å². The van der Waals surface area contributed by atoms with Crippen molar-refractivity contribution < 1.29 is 4.74 Å². The zero-order valence-electron chi connectivity index (χ0n) is 7.90. The highest BCUT2D eigenvalue weighted by atomic mass is 16.5. The Balaban J connectivity index is 2.31. The number of rotatable bonds is 1. The van der Waals surface area contributed by atoms with Gasteiger partial charge in [0, 0.05) is 18.9 Å². The van der Waals surface area contributed by atoms with E-state index in [1.807, 2.05) is 24.5 Å². The lowest BCUT2D eigenvalue weighted by Crippen LogP contribution is -1.88. The molecule has 1 aromatic carbocycles. The van der Waals surface area contributed by atoms with Crippen LogP contribution in [0.4, 0.5) is 0 Å². The van der Waals surface area contributed by atoms with E-state index >= 15 is 0 Å². The van der Waals surface area contributed by atoms with Gasteiger partial charge in [-0.2, -0.15) is 0 Å². The molecule has 0 saturated carbocycles. The van der Waals surface area contributed by atoms with E-state index in [1.165, 1.54) is 5.56 Å². The largest absolute Gasteiger partial charge is 0.496 e. The van der Waals surface area contributed by atoms with Crippen molar-refractivity contribution in [3.05, 3.63) is 36.2 Å². The Labute approximate surface area is 82.0 Å². The van der Waals surface area contributed by atoms with Crippen molar-refractivity contribution in [2.45, 2.75) is 6.54 Å². The Morgan fingerprint density at radius 2 is 2.36 bits per heavy atom. The minimum absolute atomic E-state index is 0.905. The fourth-order valence-electron chi connectivity index (χ4n) is 1.98. The Kier molecular flexibility index (Phi) is 1.42. The smallest absolute Gasteiger partial charge is 0.144 e. The van der Waals surface area contributed by atoms with Crippen LogP contribution >= 0.6 is 0 Å². The Bertz CT molecular complexity index is 488. The molecule has 0 unspecified atom stereocenters. The van der Waals surface area contributed by atoms with Gasteiger partial charge in [-0.05, 0) is 11.6 Å². The minimum Gasteiger partial charge on any atom is -0.496 e. The topological polar surface area (TPSA) is 27.1 Å². The van der Waals surface area contributed by atoms with Crippen molar-refractivity contribution in [2.75, 3.05) is 7.11 Å². The summed E-state index contributed by atoms with van der Waals surface area (Å²) in [5, 5.41) is 0. The van der Waals surface area contributed by atoms with Crippen LogP contribution in [-0.2, 0) is 6.54 Å². The summed E-state index contributed by atoms with van der Waals surface area (Å²) in [6.07, 6.45) is 3.82. The lowest BCUT2D eigenvalue weighted by molar-refractivity contribution is 0.416. The van der Waals surface area contributed by atoms with Gasteiger partial charge in [-0.25, -0.2) is 4.98 Å². The van der Waals surface area contributed by atoms with Gasteiger partial charge in [-0.3, -0.25) is 0 Å². The van der Waals surface area contributed by atoms with Gasteiger partial charge in [0.05, 0.1) is 12.7 Å². The number of hydrogen-bond donors (Lipinski definition) is 0. The molecule has 2 aromatic rings. The second kappa shape index (κ2) is 2.61. The molecule has 1 aliphatic heterocycles. The second-order valence-corrected chi connectivity index (χ2v) is 3.37. The van der Waals surface area contributed by atoms with Crippen LogP contribution in [0.1, 0.15) is 5.56 Å². The van der Waals surface area contributed by atoms with E-state index in [2.05, 4.69) is 15.6 Å². The van der Waals surface area contributed by atoms with Crippen LogP contribution in [0.5, 0.6) is 5.75 Å². The average molecular weight is 186 g/mol. The number of benzene rings is 1. The summed E-state index contributed by atoms with van der Waals surface area (Å²) in [5.74, 6) is 1.92. The molecule has 3 nitrogen and oxygen atoms in total. The summed E-state index contributed by atoms with van der Waals surface area (Å²) in [5.41, 5.74) is 2.42. The number of imidazole rings is 1. The van der Waals surface area contributed by atoms with Crippen molar-refractivity contribution in [2.24, 2.45) is 0 Å². The second-order valence-electron chi connectivity index (χ2n) is 3.37. The first-order chi connectivity index (χ1) is 6.90. The molecule has 0 saturated heterocycles. The van der Waals surface area contributed by atoms with Gasteiger partial charge in [0.1, 0.15) is 11.6 Å². The van der Waals surface area contributed by atoms with Crippen LogP contribution in [-0.4, -0.2) is 16.7 Å². The maximum absolute atomic E-state index is 5.33. The van der Waals surface area contributed by atoms with Gasteiger partial charge in [-0.15, -0.1) is 0 Å². The summed E-state index contributed by atoms with van der Waals surface area (Å²) in [6, 6.07) is 6.11. The number of fused-ring (bicyclic) bond motifs is 3. The predicted octanol–water partition coefficient (Wildman–Crippen LogP) is 1.92. The van der Waals surface area contributed by atoms with Crippen molar-refractivity contribution >= 4 is 0 Å². The lowest BCUT2D eigenvalue weighted by atomic mass is 10.1. The third-order valence-electron chi connectivity index (χ3n) is 2.61. The standard InChI is InChI=1S/C11H10N2O/c1-14-9-4-2-3-8-7-13-6-5-12-11(13)10(8)9/h2-6H,7H2,1H3. The highest BCUT2D eigenvalue weighted by Gasteiger charge is 2.22. The zero-order valence-corrected chi connectivity index (χ0v) is 7.90. The van der Waals surface area contributed by atoms with Gasteiger partial charge >= 0.3 is 0 Å². The number of aromatic nitrogens is 2. The van der Waals surface area contributed by atoms with Crippen molar-refractivity contribution in [1.29, 1.82) is 0 Å². The maximum atomic E-state index is 5.33. The molecule has 0 bridgehead atoms. The zero-order chi connectivity index (χ0) is 9.54. The summed E-state index contributed by atoms with van der Waals surface area (Å²) in [6.45, 7) is 0.905. The first-order valence-electron chi connectivity index (χ1n) is 4.57. The van der Waals surface area contributed by atoms with Crippen molar-refractivity contribution in [3.8, 4) is 17.1 Å². The van der Waals surface area contributed by atoms with Gasteiger partial charge in [0.15, 0.2) is 0 Å². The van der Waals surface area contributed by atoms with Crippen LogP contribution in [0.25, 0.3) is 11.4 Å². The molecule has 0 aliphatic carbocycles. The first-order valence-corrected chi connectivity index (χ1v) is 4.57.